The molecule has 0 saturated carbocycles. The Balaban J connectivity index is 1.27. The highest BCUT2D eigenvalue weighted by atomic mass is 79.9. The summed E-state index contributed by atoms with van der Waals surface area (Å²) >= 11 is 7.84. The van der Waals surface area contributed by atoms with Crippen molar-refractivity contribution in [3.05, 3.63) is 101 Å². The Labute approximate surface area is 235 Å². The molecule has 2 amide bonds. The molecular formula is C29H21Br2NO6. The van der Waals surface area contributed by atoms with E-state index < -0.39 is 57.2 Å². The molecule has 0 N–H and O–H groups in total. The van der Waals surface area contributed by atoms with E-state index >= 15 is 0 Å². The summed E-state index contributed by atoms with van der Waals surface area (Å²) in [6, 6.07) is 21.9. The summed E-state index contributed by atoms with van der Waals surface area (Å²) in [5, 5.41) is 0. The highest BCUT2D eigenvalue weighted by molar-refractivity contribution is 9.10. The standard InChI is InChI=1S/C29H21Br2NO6/c1-37-17-12-10-16(11-13-17)22(33)15-38-23(34)14-32-26(35)24-25(27(32)36)29(31)19-7-3-2-6-18(19)28(24,30)20-8-4-5-9-21(20)29/h2-13,24-25H,14-15H2,1H3/t24-,25+,28?,29?. The van der Waals surface area contributed by atoms with Gasteiger partial charge in [-0.3, -0.25) is 24.1 Å². The van der Waals surface area contributed by atoms with Crippen molar-refractivity contribution in [1.82, 2.24) is 4.90 Å². The van der Waals surface area contributed by atoms with Gasteiger partial charge in [0.2, 0.25) is 11.8 Å². The number of imide groups is 1. The maximum Gasteiger partial charge on any atom is 0.326 e. The second-order valence-electron chi connectivity index (χ2n) is 9.55. The molecule has 2 bridgehead atoms. The number of methoxy groups -OCH3 is 1. The molecule has 4 aliphatic rings. The molecule has 1 fully saturated rings. The molecule has 192 valence electrons. The maximum atomic E-state index is 13.8. The first-order valence-corrected chi connectivity index (χ1v) is 13.6. The number of benzene rings is 3. The average Bonchev–Trinajstić information content (AvgIpc) is 3.20. The first-order valence-electron chi connectivity index (χ1n) is 12.0. The molecule has 3 aromatic rings. The molecule has 0 spiro atoms. The lowest BCUT2D eigenvalue weighted by atomic mass is 9.54. The van der Waals surface area contributed by atoms with Gasteiger partial charge in [0.25, 0.3) is 0 Å². The smallest absolute Gasteiger partial charge is 0.326 e. The van der Waals surface area contributed by atoms with Gasteiger partial charge in [-0.25, -0.2) is 0 Å². The second kappa shape index (κ2) is 8.88. The first-order chi connectivity index (χ1) is 18.2. The van der Waals surface area contributed by atoms with Crippen LogP contribution in [0.3, 0.4) is 0 Å². The van der Waals surface area contributed by atoms with Crippen LogP contribution in [0, 0.1) is 11.8 Å². The number of amides is 2. The number of halogens is 2. The molecule has 3 aromatic carbocycles. The van der Waals surface area contributed by atoms with Crippen molar-refractivity contribution in [2.75, 3.05) is 20.3 Å². The zero-order chi connectivity index (χ0) is 26.8. The van der Waals surface area contributed by atoms with Crippen LogP contribution in [-0.4, -0.2) is 48.7 Å². The predicted molar refractivity (Wildman–Crippen MR) is 144 cm³/mol. The van der Waals surface area contributed by atoms with Crippen LogP contribution in [0.1, 0.15) is 32.6 Å². The Morgan fingerprint density at radius 2 is 1.24 bits per heavy atom. The van der Waals surface area contributed by atoms with Gasteiger partial charge in [-0.2, -0.15) is 0 Å². The minimum atomic E-state index is -0.934. The Hall–Kier alpha value is -3.30. The number of hydrogen-bond acceptors (Lipinski definition) is 6. The predicted octanol–water partition coefficient (Wildman–Crippen LogP) is 4.33. The van der Waals surface area contributed by atoms with Crippen molar-refractivity contribution in [1.29, 1.82) is 0 Å². The van der Waals surface area contributed by atoms with Gasteiger partial charge < -0.3 is 9.47 Å². The van der Waals surface area contributed by atoms with Crippen LogP contribution in [0.25, 0.3) is 0 Å². The fourth-order valence-corrected chi connectivity index (χ4v) is 8.36. The third-order valence-corrected chi connectivity index (χ3v) is 10.4. The number of alkyl halides is 2. The lowest BCUT2D eigenvalue weighted by Crippen LogP contribution is -2.56. The third-order valence-electron chi connectivity index (χ3n) is 7.74. The fourth-order valence-electron chi connectivity index (χ4n) is 6.06. The quantitative estimate of drug-likeness (QED) is 0.173. The summed E-state index contributed by atoms with van der Waals surface area (Å²) in [4.78, 5) is 53.8. The number of rotatable bonds is 6. The average molecular weight is 639 g/mol. The van der Waals surface area contributed by atoms with Gasteiger partial charge >= 0.3 is 5.97 Å². The topological polar surface area (TPSA) is 90.0 Å². The van der Waals surface area contributed by atoms with Crippen LogP contribution in [0.4, 0.5) is 0 Å². The van der Waals surface area contributed by atoms with Gasteiger partial charge in [0.1, 0.15) is 12.3 Å². The normalized spacial score (nSPS) is 26.4. The van der Waals surface area contributed by atoms with Crippen molar-refractivity contribution in [3.8, 4) is 5.75 Å². The molecule has 7 nitrogen and oxygen atoms in total. The van der Waals surface area contributed by atoms with E-state index in [9.17, 15) is 19.2 Å². The van der Waals surface area contributed by atoms with Crippen molar-refractivity contribution in [2.24, 2.45) is 11.8 Å². The van der Waals surface area contributed by atoms with Crippen molar-refractivity contribution in [3.63, 3.8) is 0 Å². The molecule has 38 heavy (non-hydrogen) atoms. The van der Waals surface area contributed by atoms with E-state index in [0.29, 0.717) is 11.3 Å². The van der Waals surface area contributed by atoms with Gasteiger partial charge in [0.15, 0.2) is 12.4 Å². The Bertz CT molecular complexity index is 1400. The van der Waals surface area contributed by atoms with E-state index in [1.54, 1.807) is 24.3 Å². The van der Waals surface area contributed by atoms with Crippen LogP contribution < -0.4 is 4.74 Å². The van der Waals surface area contributed by atoms with Crippen molar-refractivity contribution in [2.45, 2.75) is 8.65 Å². The number of carbonyl (C=O) groups excluding carboxylic acids is 4. The minimum Gasteiger partial charge on any atom is -0.497 e. The van der Waals surface area contributed by atoms with Crippen LogP contribution >= 0.6 is 31.9 Å². The highest BCUT2D eigenvalue weighted by Crippen LogP contribution is 2.70. The highest BCUT2D eigenvalue weighted by Gasteiger charge is 2.72. The number of nitrogens with zero attached hydrogens (tertiary/aromatic N) is 1. The lowest BCUT2D eigenvalue weighted by Gasteiger charge is -2.55. The number of Topliss-reactive ketones (excluding diaryl/α,β-unsaturated/α-hetero) is 1. The van der Waals surface area contributed by atoms with Gasteiger partial charge in [-0.15, -0.1) is 0 Å². The second-order valence-corrected chi connectivity index (χ2v) is 12.0. The van der Waals surface area contributed by atoms with Gasteiger partial charge in [-0.05, 0) is 46.5 Å². The molecular weight excluding hydrogens is 618 g/mol. The largest absolute Gasteiger partial charge is 0.497 e. The first kappa shape index (κ1) is 25.0. The molecule has 7 rings (SSSR count). The lowest BCUT2D eigenvalue weighted by molar-refractivity contribution is -0.152. The van der Waals surface area contributed by atoms with E-state index in [2.05, 4.69) is 31.9 Å². The Morgan fingerprint density at radius 1 is 0.789 bits per heavy atom. The molecule has 9 heteroatoms. The van der Waals surface area contributed by atoms with Crippen LogP contribution in [0.2, 0.25) is 0 Å². The summed E-state index contributed by atoms with van der Waals surface area (Å²) in [5.41, 5.74) is 3.99. The molecule has 1 saturated heterocycles. The molecule has 1 heterocycles. The number of ether oxygens (including phenoxy) is 2. The van der Waals surface area contributed by atoms with Crippen LogP contribution in [0.15, 0.2) is 72.8 Å². The maximum absolute atomic E-state index is 13.8. The molecule has 0 unspecified atom stereocenters. The number of hydrogen-bond donors (Lipinski definition) is 0. The Morgan fingerprint density at radius 3 is 1.66 bits per heavy atom. The molecule has 3 aliphatic carbocycles. The minimum absolute atomic E-state index is 0.354. The van der Waals surface area contributed by atoms with Gasteiger partial charge in [0, 0.05) is 5.56 Å². The van der Waals surface area contributed by atoms with Gasteiger partial charge in [-0.1, -0.05) is 80.4 Å². The van der Waals surface area contributed by atoms with E-state index in [4.69, 9.17) is 9.47 Å². The number of likely N-dealkylation sites (tertiary alicyclic amines) is 1. The van der Waals surface area contributed by atoms with Crippen molar-refractivity contribution >= 4 is 55.4 Å². The molecule has 0 radical (unpaired) electrons. The molecule has 1 aliphatic heterocycles. The van der Waals surface area contributed by atoms with Crippen LogP contribution in [0.5, 0.6) is 5.75 Å². The van der Waals surface area contributed by atoms with E-state index in [1.807, 2.05) is 48.5 Å². The fraction of sp³-hybridized carbons (Fsp3) is 0.241. The summed E-state index contributed by atoms with van der Waals surface area (Å²) in [6.07, 6.45) is 0. The summed E-state index contributed by atoms with van der Waals surface area (Å²) < 4.78 is 8.40. The summed E-state index contributed by atoms with van der Waals surface area (Å²) in [5.74, 6) is -3.09. The molecule has 0 aromatic heterocycles. The Kier molecular flexibility index (Phi) is 5.84. The molecule has 2 atom stereocenters. The monoisotopic (exact) mass is 637 g/mol. The summed E-state index contributed by atoms with van der Waals surface area (Å²) in [7, 11) is 1.52. The van der Waals surface area contributed by atoms with Gasteiger partial charge in [0.05, 0.1) is 27.6 Å². The summed E-state index contributed by atoms with van der Waals surface area (Å²) in [6.45, 7) is -1.07. The van der Waals surface area contributed by atoms with E-state index in [0.717, 1.165) is 27.2 Å². The third kappa shape index (κ3) is 3.31. The number of esters is 1. The van der Waals surface area contributed by atoms with Crippen molar-refractivity contribution < 1.29 is 28.7 Å². The number of carbonyl (C=O) groups is 4. The zero-order valence-corrected chi connectivity index (χ0v) is 23.3. The number of ketones is 1. The zero-order valence-electron chi connectivity index (χ0n) is 20.1. The van der Waals surface area contributed by atoms with Crippen LogP contribution in [-0.2, 0) is 27.8 Å². The van der Waals surface area contributed by atoms with E-state index in [-0.39, 0.29) is 0 Å². The SMILES string of the molecule is COc1ccc(C(=O)COC(=O)CN2C(=O)[C@@H]3[C@H](C2=O)C2(Br)c4ccccc4C3(Br)c3ccccc32)cc1. The van der Waals surface area contributed by atoms with E-state index in [1.165, 1.54) is 7.11 Å².